The quantitative estimate of drug-likeness (QED) is 0.594. The number of hydrogen-bond donors (Lipinski definition) is 1. The molecule has 3 heteroatoms. The summed E-state index contributed by atoms with van der Waals surface area (Å²) in [5.74, 6) is 0. The SMILES string of the molecule is CCOCCN(C)c1cc(C)cc(N)c1. The molecule has 0 radical (unpaired) electrons. The molecule has 0 spiro atoms. The van der Waals surface area contributed by atoms with Crippen molar-refractivity contribution in [3.8, 4) is 0 Å². The standard InChI is InChI=1S/C12H20N2O/c1-4-15-6-5-14(3)12-8-10(2)7-11(13)9-12/h7-9H,4-6,13H2,1-3H3. The zero-order chi connectivity index (χ0) is 11.3. The van der Waals surface area contributed by atoms with Gasteiger partial charge in [0.2, 0.25) is 0 Å². The van der Waals surface area contributed by atoms with Crippen LogP contribution in [0.15, 0.2) is 18.2 Å². The van der Waals surface area contributed by atoms with E-state index in [0.717, 1.165) is 31.1 Å². The van der Waals surface area contributed by atoms with Crippen LogP contribution >= 0.6 is 0 Å². The summed E-state index contributed by atoms with van der Waals surface area (Å²) < 4.78 is 5.31. The summed E-state index contributed by atoms with van der Waals surface area (Å²) >= 11 is 0. The average Bonchev–Trinajstić information content (AvgIpc) is 2.16. The highest BCUT2D eigenvalue weighted by Crippen LogP contribution is 2.18. The smallest absolute Gasteiger partial charge is 0.0641 e. The molecule has 1 aromatic rings. The maximum atomic E-state index is 5.79. The lowest BCUT2D eigenvalue weighted by atomic mass is 10.2. The number of hydrogen-bond acceptors (Lipinski definition) is 3. The van der Waals surface area contributed by atoms with E-state index < -0.39 is 0 Å². The molecule has 0 atom stereocenters. The zero-order valence-corrected chi connectivity index (χ0v) is 9.79. The van der Waals surface area contributed by atoms with Crippen LogP contribution < -0.4 is 10.6 Å². The molecule has 0 saturated carbocycles. The Hall–Kier alpha value is -1.22. The Morgan fingerprint density at radius 1 is 1.33 bits per heavy atom. The van der Waals surface area contributed by atoms with E-state index in [2.05, 4.69) is 17.9 Å². The average molecular weight is 208 g/mol. The molecule has 0 saturated heterocycles. The van der Waals surface area contributed by atoms with Crippen LogP contribution in [0.1, 0.15) is 12.5 Å². The Kier molecular flexibility index (Phi) is 4.43. The van der Waals surface area contributed by atoms with Crippen LogP contribution in [-0.4, -0.2) is 26.8 Å². The molecule has 1 aromatic carbocycles. The van der Waals surface area contributed by atoms with Gasteiger partial charge in [0.25, 0.3) is 0 Å². The number of nitrogens with zero attached hydrogens (tertiary/aromatic N) is 1. The van der Waals surface area contributed by atoms with Crippen molar-refractivity contribution in [2.75, 3.05) is 37.4 Å². The Morgan fingerprint density at radius 2 is 2.07 bits per heavy atom. The van der Waals surface area contributed by atoms with E-state index >= 15 is 0 Å². The van der Waals surface area contributed by atoms with E-state index in [1.165, 1.54) is 5.56 Å². The third-order valence-electron chi connectivity index (χ3n) is 2.30. The number of likely N-dealkylation sites (N-methyl/N-ethyl adjacent to an activating group) is 1. The molecule has 3 nitrogen and oxygen atoms in total. The summed E-state index contributed by atoms with van der Waals surface area (Å²) in [7, 11) is 2.05. The van der Waals surface area contributed by atoms with Gasteiger partial charge in [-0.1, -0.05) is 0 Å². The second-order valence-electron chi connectivity index (χ2n) is 3.72. The third kappa shape index (κ3) is 3.80. The van der Waals surface area contributed by atoms with Crippen molar-refractivity contribution in [2.24, 2.45) is 0 Å². The van der Waals surface area contributed by atoms with Crippen molar-refractivity contribution in [3.05, 3.63) is 23.8 Å². The van der Waals surface area contributed by atoms with Crippen molar-refractivity contribution in [1.29, 1.82) is 0 Å². The molecule has 84 valence electrons. The van der Waals surface area contributed by atoms with Gasteiger partial charge in [-0.2, -0.15) is 0 Å². The molecule has 0 fully saturated rings. The van der Waals surface area contributed by atoms with E-state index in [0.29, 0.717) is 0 Å². The van der Waals surface area contributed by atoms with Gasteiger partial charge in [-0.3, -0.25) is 0 Å². The van der Waals surface area contributed by atoms with Crippen LogP contribution in [0.3, 0.4) is 0 Å². The van der Waals surface area contributed by atoms with Crippen molar-refractivity contribution in [3.63, 3.8) is 0 Å². The molecule has 0 unspecified atom stereocenters. The van der Waals surface area contributed by atoms with Crippen LogP contribution in [0.2, 0.25) is 0 Å². The maximum absolute atomic E-state index is 5.79. The Balaban J connectivity index is 2.60. The highest BCUT2D eigenvalue weighted by Gasteiger charge is 2.02. The fraction of sp³-hybridized carbons (Fsp3) is 0.500. The summed E-state index contributed by atoms with van der Waals surface area (Å²) in [4.78, 5) is 2.15. The second kappa shape index (κ2) is 5.61. The highest BCUT2D eigenvalue weighted by molar-refractivity contribution is 5.57. The van der Waals surface area contributed by atoms with Crippen LogP contribution in [0.5, 0.6) is 0 Å². The van der Waals surface area contributed by atoms with E-state index in [1.54, 1.807) is 0 Å². The van der Waals surface area contributed by atoms with Crippen LogP contribution in [0, 0.1) is 6.92 Å². The lowest BCUT2D eigenvalue weighted by Crippen LogP contribution is -2.22. The first-order valence-corrected chi connectivity index (χ1v) is 5.29. The van der Waals surface area contributed by atoms with E-state index in [1.807, 2.05) is 26.1 Å². The number of aryl methyl sites for hydroxylation is 1. The maximum Gasteiger partial charge on any atom is 0.0641 e. The Bertz CT molecular complexity index is 292. The molecule has 0 amide bonds. The van der Waals surface area contributed by atoms with Crippen molar-refractivity contribution in [2.45, 2.75) is 13.8 Å². The molecule has 0 aliphatic heterocycles. The van der Waals surface area contributed by atoms with E-state index in [9.17, 15) is 0 Å². The van der Waals surface area contributed by atoms with Gasteiger partial charge in [-0.25, -0.2) is 0 Å². The Labute approximate surface area is 91.8 Å². The molecule has 0 aromatic heterocycles. The fourth-order valence-corrected chi connectivity index (χ4v) is 1.49. The minimum Gasteiger partial charge on any atom is -0.399 e. The van der Waals surface area contributed by atoms with Gasteiger partial charge in [-0.05, 0) is 37.6 Å². The van der Waals surface area contributed by atoms with E-state index in [4.69, 9.17) is 10.5 Å². The highest BCUT2D eigenvalue weighted by atomic mass is 16.5. The summed E-state index contributed by atoms with van der Waals surface area (Å²) in [6.07, 6.45) is 0. The number of rotatable bonds is 5. The van der Waals surface area contributed by atoms with Gasteiger partial charge >= 0.3 is 0 Å². The van der Waals surface area contributed by atoms with Gasteiger partial charge in [0.15, 0.2) is 0 Å². The lowest BCUT2D eigenvalue weighted by molar-refractivity contribution is 0.154. The summed E-state index contributed by atoms with van der Waals surface area (Å²) in [6.45, 7) is 6.46. The fourth-order valence-electron chi connectivity index (χ4n) is 1.49. The first-order valence-electron chi connectivity index (χ1n) is 5.29. The molecule has 1 rings (SSSR count). The number of ether oxygens (including phenoxy) is 1. The van der Waals surface area contributed by atoms with Gasteiger partial charge in [0, 0.05) is 31.6 Å². The van der Waals surface area contributed by atoms with Crippen molar-refractivity contribution in [1.82, 2.24) is 0 Å². The number of nitrogen functional groups attached to an aromatic ring is 1. The second-order valence-corrected chi connectivity index (χ2v) is 3.72. The minimum absolute atomic E-state index is 0.751. The molecule has 0 bridgehead atoms. The number of benzene rings is 1. The van der Waals surface area contributed by atoms with Gasteiger partial charge in [0.1, 0.15) is 0 Å². The van der Waals surface area contributed by atoms with Gasteiger partial charge < -0.3 is 15.4 Å². The minimum atomic E-state index is 0.751. The normalized spacial score (nSPS) is 10.3. The third-order valence-corrected chi connectivity index (χ3v) is 2.30. The summed E-state index contributed by atoms with van der Waals surface area (Å²) in [6, 6.07) is 6.08. The molecule has 2 N–H and O–H groups in total. The van der Waals surface area contributed by atoms with Crippen LogP contribution in [0.4, 0.5) is 11.4 Å². The molecular formula is C12H20N2O. The van der Waals surface area contributed by atoms with Gasteiger partial charge in [0.05, 0.1) is 6.61 Å². The largest absolute Gasteiger partial charge is 0.399 e. The number of anilines is 2. The molecule has 15 heavy (non-hydrogen) atoms. The zero-order valence-electron chi connectivity index (χ0n) is 9.79. The first kappa shape index (κ1) is 11.9. The van der Waals surface area contributed by atoms with Crippen molar-refractivity contribution < 1.29 is 4.74 Å². The molecule has 0 aliphatic rings. The summed E-state index contributed by atoms with van der Waals surface area (Å²) in [5, 5.41) is 0. The van der Waals surface area contributed by atoms with Gasteiger partial charge in [-0.15, -0.1) is 0 Å². The summed E-state index contributed by atoms with van der Waals surface area (Å²) in [5.41, 5.74) is 8.94. The van der Waals surface area contributed by atoms with Crippen LogP contribution in [0.25, 0.3) is 0 Å². The van der Waals surface area contributed by atoms with Crippen LogP contribution in [-0.2, 0) is 4.74 Å². The van der Waals surface area contributed by atoms with E-state index in [-0.39, 0.29) is 0 Å². The molecular weight excluding hydrogens is 188 g/mol. The van der Waals surface area contributed by atoms with Crippen molar-refractivity contribution >= 4 is 11.4 Å². The molecule has 0 heterocycles. The predicted molar refractivity (Wildman–Crippen MR) is 65.4 cm³/mol. The topological polar surface area (TPSA) is 38.5 Å². The number of nitrogens with two attached hydrogens (primary N) is 1. The predicted octanol–water partition coefficient (Wildman–Crippen LogP) is 2.05. The lowest BCUT2D eigenvalue weighted by Gasteiger charge is -2.20. The first-order chi connectivity index (χ1) is 7.13. The monoisotopic (exact) mass is 208 g/mol. The molecule has 0 aliphatic carbocycles. The Morgan fingerprint density at radius 3 is 2.67 bits per heavy atom.